The first-order valence-corrected chi connectivity index (χ1v) is 9.38. The monoisotopic (exact) mass is 335 g/mol. The second kappa shape index (κ2) is 4.63. The summed E-state index contributed by atoms with van der Waals surface area (Å²) in [6.07, 6.45) is 5.49. The fourth-order valence-electron chi connectivity index (χ4n) is 6.49. The molecule has 4 heteroatoms. The largest absolute Gasteiger partial charge is 0.450 e. The van der Waals surface area contributed by atoms with Crippen LogP contribution in [0.15, 0.2) is 41.6 Å². The topological polar surface area (TPSA) is 35.7 Å². The van der Waals surface area contributed by atoms with Crippen LogP contribution in [0.1, 0.15) is 24.8 Å². The van der Waals surface area contributed by atoms with Crippen LogP contribution in [0, 0.1) is 11.3 Å². The average molecular weight is 335 g/mol. The average Bonchev–Trinajstić information content (AvgIpc) is 2.88. The van der Waals surface area contributed by atoms with Crippen LogP contribution in [-0.4, -0.2) is 53.3 Å². The van der Waals surface area contributed by atoms with Gasteiger partial charge in [-0.05, 0) is 31.2 Å². The molecule has 25 heavy (non-hydrogen) atoms. The van der Waals surface area contributed by atoms with Gasteiger partial charge in [0.2, 0.25) is 11.4 Å². The summed E-state index contributed by atoms with van der Waals surface area (Å²) in [5.74, 6) is 1.78. The van der Waals surface area contributed by atoms with Crippen molar-refractivity contribution in [3.8, 4) is 0 Å². The molecule has 1 aromatic carbocycles. The van der Waals surface area contributed by atoms with Crippen LogP contribution in [0.25, 0.3) is 5.57 Å². The molecule has 7 rings (SSSR count). The van der Waals surface area contributed by atoms with Crippen LogP contribution in [0.2, 0.25) is 0 Å². The number of hydrogen-bond donors (Lipinski definition) is 1. The summed E-state index contributed by atoms with van der Waals surface area (Å²) >= 11 is 0. The van der Waals surface area contributed by atoms with Gasteiger partial charge in [-0.25, -0.2) is 0 Å². The molecule has 1 aromatic rings. The Kier molecular flexibility index (Phi) is 2.64. The Morgan fingerprint density at radius 2 is 2.28 bits per heavy atom. The highest BCUT2D eigenvalue weighted by molar-refractivity contribution is 5.98. The number of hydrogen-bond acceptors (Lipinski definition) is 3. The number of para-hydroxylation sites is 1. The Bertz CT molecular complexity index is 897. The maximum Gasteiger partial charge on any atom is 0.367 e. The van der Waals surface area contributed by atoms with Gasteiger partial charge in [-0.1, -0.05) is 23.8 Å². The van der Waals surface area contributed by atoms with E-state index in [2.05, 4.69) is 39.8 Å². The molecule has 0 radical (unpaired) electrons. The lowest BCUT2D eigenvalue weighted by Gasteiger charge is -2.56. The van der Waals surface area contributed by atoms with E-state index in [0.29, 0.717) is 12.0 Å². The number of ether oxygens (including phenoxy) is 1. The first-order valence-electron chi connectivity index (χ1n) is 9.38. The van der Waals surface area contributed by atoms with E-state index in [1.807, 2.05) is 7.11 Å². The van der Waals surface area contributed by atoms with E-state index in [9.17, 15) is 5.11 Å². The molecule has 4 nitrogen and oxygen atoms in total. The lowest BCUT2D eigenvalue weighted by Crippen LogP contribution is -2.68. The molecule has 0 aromatic heterocycles. The molecule has 1 aliphatic carbocycles. The molecular weight excluding hydrogens is 312 g/mol. The zero-order valence-electron chi connectivity index (χ0n) is 14.5. The third-order valence-electron chi connectivity index (χ3n) is 6.99. The van der Waals surface area contributed by atoms with Gasteiger partial charge in [-0.3, -0.25) is 4.90 Å². The highest BCUT2D eigenvalue weighted by Crippen LogP contribution is 2.65. The van der Waals surface area contributed by atoms with Gasteiger partial charge in [0.1, 0.15) is 0 Å². The molecule has 1 saturated carbocycles. The van der Waals surface area contributed by atoms with Gasteiger partial charge in [-0.2, -0.15) is 0 Å². The van der Waals surface area contributed by atoms with Crippen molar-refractivity contribution in [2.24, 2.45) is 11.3 Å². The van der Waals surface area contributed by atoms with Gasteiger partial charge in [0.15, 0.2) is 5.41 Å². The summed E-state index contributed by atoms with van der Waals surface area (Å²) in [6, 6.07) is 9.12. The van der Waals surface area contributed by atoms with Gasteiger partial charge >= 0.3 is 5.90 Å². The zero-order valence-corrected chi connectivity index (χ0v) is 14.5. The first-order chi connectivity index (χ1) is 12.3. The second-order valence-electron chi connectivity index (χ2n) is 8.04. The molecule has 1 spiro atoms. The second-order valence-corrected chi connectivity index (χ2v) is 8.04. The third-order valence-corrected chi connectivity index (χ3v) is 6.99. The predicted octanol–water partition coefficient (Wildman–Crippen LogP) is 2.52. The fourth-order valence-corrected chi connectivity index (χ4v) is 6.49. The van der Waals surface area contributed by atoms with Crippen molar-refractivity contribution in [1.82, 2.24) is 4.90 Å². The van der Waals surface area contributed by atoms with E-state index in [0.717, 1.165) is 25.3 Å². The minimum Gasteiger partial charge on any atom is -0.450 e. The number of nitrogens with zero attached hydrogens (tertiary/aromatic N) is 2. The summed E-state index contributed by atoms with van der Waals surface area (Å²) in [4.78, 5) is 2.66. The molecule has 5 aliphatic heterocycles. The zero-order chi connectivity index (χ0) is 16.8. The van der Waals surface area contributed by atoms with Gasteiger partial charge in [0.25, 0.3) is 0 Å². The Labute approximate surface area is 147 Å². The minimum absolute atomic E-state index is 0.0121. The maximum absolute atomic E-state index is 9.57. The summed E-state index contributed by atoms with van der Waals surface area (Å²) in [7, 11) is 1.83. The molecule has 6 aliphatic rings. The normalized spacial score (nSPS) is 38.5. The molecule has 2 saturated heterocycles. The smallest absolute Gasteiger partial charge is 0.367 e. The molecule has 3 fully saturated rings. The highest BCUT2D eigenvalue weighted by Gasteiger charge is 2.75. The van der Waals surface area contributed by atoms with Crippen molar-refractivity contribution in [1.29, 1.82) is 0 Å². The maximum atomic E-state index is 9.57. The number of aliphatic hydroxyl groups is 1. The molecule has 4 bridgehead atoms. The number of piperidine rings is 2. The van der Waals surface area contributed by atoms with Crippen LogP contribution in [0.3, 0.4) is 0 Å². The first kappa shape index (κ1) is 14.3. The fraction of sp³-hybridized carbons (Fsp3) is 0.476. The molecular formula is C21H23N2O2+. The number of aliphatic hydroxyl groups excluding tert-OH is 1. The van der Waals surface area contributed by atoms with E-state index in [1.165, 1.54) is 41.1 Å². The standard InChI is InChI=1S/C21H23N2O2/c1-25-20-21-11-13-10-14(7-9-24)18(21)22(12-13)8-6-16-15-4-2-3-5-17(15)23(20)19(16)21/h2-5,7,13,18,24H,6,8-12H2,1H3/q+1/b14-7+. The molecule has 1 N–H and O–H groups in total. The van der Waals surface area contributed by atoms with Gasteiger partial charge in [0, 0.05) is 24.7 Å². The lowest BCUT2D eigenvalue weighted by molar-refractivity contribution is -0.453. The Hall–Kier alpha value is -1.91. The highest BCUT2D eigenvalue weighted by atomic mass is 16.5. The third kappa shape index (κ3) is 1.46. The summed E-state index contributed by atoms with van der Waals surface area (Å²) in [6.45, 7) is 2.43. The quantitative estimate of drug-likeness (QED) is 0.633. The van der Waals surface area contributed by atoms with E-state index in [4.69, 9.17) is 4.74 Å². The van der Waals surface area contributed by atoms with Gasteiger partial charge in [0.05, 0.1) is 25.3 Å². The molecule has 4 unspecified atom stereocenters. The number of rotatable bonds is 1. The molecule has 5 heterocycles. The Balaban J connectivity index is 1.65. The minimum atomic E-state index is -0.0121. The van der Waals surface area contributed by atoms with Crippen molar-refractivity contribution in [2.75, 3.05) is 26.8 Å². The number of benzene rings is 1. The summed E-state index contributed by atoms with van der Waals surface area (Å²) < 4.78 is 8.43. The van der Waals surface area contributed by atoms with Crippen molar-refractivity contribution >= 4 is 17.2 Å². The lowest BCUT2D eigenvalue weighted by atomic mass is 9.56. The number of fused-ring (bicyclic) bond motifs is 4. The van der Waals surface area contributed by atoms with Crippen LogP contribution < -0.4 is 0 Å². The van der Waals surface area contributed by atoms with Crippen molar-refractivity contribution in [2.45, 2.75) is 25.3 Å². The van der Waals surface area contributed by atoms with Crippen molar-refractivity contribution < 1.29 is 14.4 Å². The molecule has 0 amide bonds. The van der Waals surface area contributed by atoms with Crippen LogP contribution in [0.5, 0.6) is 0 Å². The summed E-state index contributed by atoms with van der Waals surface area (Å²) in [5.41, 5.74) is 7.10. The van der Waals surface area contributed by atoms with E-state index < -0.39 is 0 Å². The molecule has 4 atom stereocenters. The predicted molar refractivity (Wildman–Crippen MR) is 95.6 cm³/mol. The van der Waals surface area contributed by atoms with Crippen molar-refractivity contribution in [3.63, 3.8) is 0 Å². The SMILES string of the molecule is COC1=[N+]2C3=C(CCN4CC5C/C(=C\CO)C4C31C5)c1ccccc12. The van der Waals surface area contributed by atoms with Crippen LogP contribution in [0.4, 0.5) is 5.69 Å². The number of methoxy groups -OCH3 is 1. The van der Waals surface area contributed by atoms with Crippen LogP contribution in [-0.2, 0) is 4.74 Å². The van der Waals surface area contributed by atoms with Crippen LogP contribution >= 0.6 is 0 Å². The van der Waals surface area contributed by atoms with E-state index >= 15 is 0 Å². The van der Waals surface area contributed by atoms with Crippen molar-refractivity contribution in [3.05, 3.63) is 47.2 Å². The van der Waals surface area contributed by atoms with Gasteiger partial charge in [-0.15, -0.1) is 4.58 Å². The van der Waals surface area contributed by atoms with E-state index in [-0.39, 0.29) is 12.0 Å². The van der Waals surface area contributed by atoms with E-state index in [1.54, 1.807) is 0 Å². The Morgan fingerprint density at radius 3 is 3.12 bits per heavy atom. The van der Waals surface area contributed by atoms with Gasteiger partial charge < -0.3 is 9.84 Å². The Morgan fingerprint density at radius 1 is 1.40 bits per heavy atom. The summed E-state index contributed by atoms with van der Waals surface area (Å²) in [5, 5.41) is 9.57. The molecule has 128 valence electrons.